The van der Waals surface area contributed by atoms with E-state index in [1.807, 2.05) is 58.0 Å². The first kappa shape index (κ1) is 23.1. The van der Waals surface area contributed by atoms with Gasteiger partial charge in [-0.25, -0.2) is 9.07 Å². The van der Waals surface area contributed by atoms with E-state index in [2.05, 4.69) is 37.6 Å². The van der Waals surface area contributed by atoms with Gasteiger partial charge in [0.1, 0.15) is 11.9 Å². The standard InChI is InChI=1S/C27H29FN6O/c1-17-5-10-23-20(15-17)16-22(26(35)29-23)24(25-30-31-32-34(25)27(2,3)4)33-13-11-19(12-14-33)18-6-8-21(28)9-7-18/h5-11,15-16,24H,12-14H2,1-4H3,(H,29,35). The van der Waals surface area contributed by atoms with Gasteiger partial charge in [-0.1, -0.05) is 29.8 Å². The predicted molar refractivity (Wildman–Crippen MR) is 135 cm³/mol. The molecule has 4 aromatic rings. The predicted octanol–water partition coefficient (Wildman–Crippen LogP) is 4.60. The smallest absolute Gasteiger partial charge is 0.253 e. The number of aromatic amines is 1. The van der Waals surface area contributed by atoms with Crippen LogP contribution in [0.25, 0.3) is 16.5 Å². The Bertz CT molecular complexity index is 1460. The highest BCUT2D eigenvalue weighted by atomic mass is 19.1. The Morgan fingerprint density at radius 2 is 1.86 bits per heavy atom. The quantitative estimate of drug-likeness (QED) is 0.470. The van der Waals surface area contributed by atoms with Crippen molar-refractivity contribution in [3.8, 4) is 0 Å². The van der Waals surface area contributed by atoms with Crippen LogP contribution < -0.4 is 5.56 Å². The van der Waals surface area contributed by atoms with Crippen molar-refractivity contribution in [2.24, 2.45) is 0 Å². The third-order valence-electron chi connectivity index (χ3n) is 6.52. The van der Waals surface area contributed by atoms with Gasteiger partial charge in [0.2, 0.25) is 0 Å². The molecule has 0 aliphatic carbocycles. The van der Waals surface area contributed by atoms with Crippen LogP contribution in [0.15, 0.2) is 59.4 Å². The van der Waals surface area contributed by atoms with Crippen LogP contribution in [0.4, 0.5) is 4.39 Å². The molecular weight excluding hydrogens is 443 g/mol. The molecule has 1 N–H and O–H groups in total. The lowest BCUT2D eigenvalue weighted by molar-refractivity contribution is 0.219. The van der Waals surface area contributed by atoms with Crippen molar-refractivity contribution in [1.82, 2.24) is 30.1 Å². The van der Waals surface area contributed by atoms with Crippen LogP contribution in [0.5, 0.6) is 0 Å². The van der Waals surface area contributed by atoms with Crippen LogP contribution in [-0.4, -0.2) is 43.2 Å². The summed E-state index contributed by atoms with van der Waals surface area (Å²) in [4.78, 5) is 18.6. The number of pyridine rings is 1. The van der Waals surface area contributed by atoms with Crippen molar-refractivity contribution in [3.63, 3.8) is 0 Å². The van der Waals surface area contributed by atoms with Crippen LogP contribution in [0, 0.1) is 12.7 Å². The number of hydrogen-bond acceptors (Lipinski definition) is 5. The largest absolute Gasteiger partial charge is 0.322 e. The molecule has 35 heavy (non-hydrogen) atoms. The summed E-state index contributed by atoms with van der Waals surface area (Å²) >= 11 is 0. The average molecular weight is 473 g/mol. The Balaban J connectivity index is 1.60. The lowest BCUT2D eigenvalue weighted by Crippen LogP contribution is -2.39. The first-order valence-electron chi connectivity index (χ1n) is 11.8. The van der Waals surface area contributed by atoms with E-state index in [4.69, 9.17) is 0 Å². The van der Waals surface area contributed by atoms with Gasteiger partial charge in [0.05, 0.1) is 5.54 Å². The molecule has 1 unspecified atom stereocenters. The summed E-state index contributed by atoms with van der Waals surface area (Å²) in [5, 5.41) is 13.6. The molecule has 0 bridgehead atoms. The molecule has 0 amide bonds. The van der Waals surface area contributed by atoms with E-state index in [9.17, 15) is 9.18 Å². The second-order valence-electron chi connectivity index (χ2n) is 10.1. The van der Waals surface area contributed by atoms with Gasteiger partial charge >= 0.3 is 0 Å². The van der Waals surface area contributed by atoms with Gasteiger partial charge in [0.25, 0.3) is 5.56 Å². The van der Waals surface area contributed by atoms with Crippen LogP contribution in [0.1, 0.15) is 55.7 Å². The summed E-state index contributed by atoms with van der Waals surface area (Å²) in [7, 11) is 0. The fraction of sp³-hybridized carbons (Fsp3) is 0.333. The van der Waals surface area contributed by atoms with E-state index in [0.29, 0.717) is 24.5 Å². The minimum Gasteiger partial charge on any atom is -0.322 e. The second kappa shape index (κ2) is 8.85. The number of tetrazole rings is 1. The first-order valence-corrected chi connectivity index (χ1v) is 11.8. The van der Waals surface area contributed by atoms with E-state index in [1.54, 1.807) is 4.68 Å². The summed E-state index contributed by atoms with van der Waals surface area (Å²) in [5.74, 6) is 0.389. The Morgan fingerprint density at radius 3 is 2.54 bits per heavy atom. The van der Waals surface area contributed by atoms with Gasteiger partial charge in [-0.3, -0.25) is 9.69 Å². The van der Waals surface area contributed by atoms with Gasteiger partial charge < -0.3 is 4.98 Å². The zero-order valence-corrected chi connectivity index (χ0v) is 20.4. The molecule has 2 aromatic carbocycles. The first-order chi connectivity index (χ1) is 16.7. The third-order valence-corrected chi connectivity index (χ3v) is 6.52. The number of nitrogens with one attached hydrogen (secondary N) is 1. The molecule has 0 spiro atoms. The van der Waals surface area contributed by atoms with E-state index < -0.39 is 6.04 Å². The molecule has 0 radical (unpaired) electrons. The lowest BCUT2D eigenvalue weighted by atomic mass is 9.96. The molecule has 1 aliphatic rings. The summed E-state index contributed by atoms with van der Waals surface area (Å²) < 4.78 is 15.2. The van der Waals surface area contributed by atoms with E-state index in [-0.39, 0.29) is 16.9 Å². The van der Waals surface area contributed by atoms with Gasteiger partial charge in [0.15, 0.2) is 5.82 Å². The lowest BCUT2D eigenvalue weighted by Gasteiger charge is -2.34. The maximum Gasteiger partial charge on any atom is 0.253 e. The van der Waals surface area contributed by atoms with Gasteiger partial charge in [-0.05, 0) is 91.4 Å². The Morgan fingerprint density at radius 1 is 1.09 bits per heavy atom. The Labute approximate surface area is 203 Å². The molecule has 180 valence electrons. The van der Waals surface area contributed by atoms with Crippen molar-refractivity contribution < 1.29 is 4.39 Å². The molecule has 0 fully saturated rings. The number of rotatable bonds is 4. The van der Waals surface area contributed by atoms with Gasteiger partial charge in [-0.2, -0.15) is 0 Å². The number of halogens is 1. The summed E-state index contributed by atoms with van der Waals surface area (Å²) in [5.41, 5.74) is 4.21. The molecule has 0 saturated heterocycles. The SMILES string of the molecule is Cc1ccc2[nH]c(=O)c(C(c3nnnn3C(C)(C)C)N3CC=C(c4ccc(F)cc4)CC3)cc2c1. The highest BCUT2D eigenvalue weighted by Crippen LogP contribution is 2.33. The highest BCUT2D eigenvalue weighted by Gasteiger charge is 2.34. The zero-order valence-electron chi connectivity index (χ0n) is 20.4. The molecular formula is C27H29FN6O. The Hall–Kier alpha value is -3.65. The van der Waals surface area contributed by atoms with Crippen LogP contribution in [-0.2, 0) is 5.54 Å². The van der Waals surface area contributed by atoms with Crippen molar-refractivity contribution in [2.45, 2.75) is 45.7 Å². The second-order valence-corrected chi connectivity index (χ2v) is 10.1. The number of fused-ring (bicyclic) bond motifs is 1. The van der Waals surface area contributed by atoms with Crippen LogP contribution in [0.2, 0.25) is 0 Å². The summed E-state index contributed by atoms with van der Waals surface area (Å²) in [6.45, 7) is 9.48. The fourth-order valence-corrected chi connectivity index (χ4v) is 4.73. The molecule has 5 rings (SSSR count). The topological polar surface area (TPSA) is 79.7 Å². The molecule has 3 heterocycles. The number of nitrogens with zero attached hydrogens (tertiary/aromatic N) is 5. The number of aromatic nitrogens is 5. The minimum absolute atomic E-state index is 0.150. The van der Waals surface area contributed by atoms with E-state index in [1.165, 1.54) is 17.7 Å². The normalized spacial score (nSPS) is 15.9. The third kappa shape index (κ3) is 4.53. The maximum absolute atomic E-state index is 13.4. The summed E-state index contributed by atoms with van der Waals surface area (Å²) in [6, 6.07) is 14.1. The van der Waals surface area contributed by atoms with Crippen LogP contribution in [0.3, 0.4) is 0 Å². The molecule has 7 nitrogen and oxygen atoms in total. The monoisotopic (exact) mass is 472 g/mol. The number of H-pyrrole nitrogens is 1. The zero-order chi connectivity index (χ0) is 24.7. The fourth-order valence-electron chi connectivity index (χ4n) is 4.73. The number of hydrogen-bond donors (Lipinski definition) is 1. The molecule has 2 aromatic heterocycles. The van der Waals surface area contributed by atoms with Gasteiger partial charge in [0, 0.05) is 24.2 Å². The van der Waals surface area contributed by atoms with E-state index in [0.717, 1.165) is 28.5 Å². The minimum atomic E-state index is -0.427. The number of aryl methyl sites for hydroxylation is 1. The van der Waals surface area contributed by atoms with Crippen LogP contribution >= 0.6 is 0 Å². The molecule has 1 atom stereocenters. The van der Waals surface area contributed by atoms with Crippen molar-refractivity contribution in [1.29, 1.82) is 0 Å². The van der Waals surface area contributed by atoms with Gasteiger partial charge in [-0.15, -0.1) is 5.10 Å². The Kier molecular flexibility index (Phi) is 5.84. The summed E-state index contributed by atoms with van der Waals surface area (Å²) in [6.07, 6.45) is 2.91. The van der Waals surface area contributed by atoms with Crippen molar-refractivity contribution >= 4 is 16.5 Å². The van der Waals surface area contributed by atoms with E-state index >= 15 is 0 Å². The average Bonchev–Trinajstić information content (AvgIpc) is 3.31. The number of benzene rings is 2. The van der Waals surface area contributed by atoms with Crippen molar-refractivity contribution in [2.75, 3.05) is 13.1 Å². The van der Waals surface area contributed by atoms with Crippen molar-refractivity contribution in [3.05, 3.63) is 93.3 Å². The molecule has 1 aliphatic heterocycles. The maximum atomic E-state index is 13.4. The highest BCUT2D eigenvalue weighted by molar-refractivity contribution is 5.80. The molecule has 0 saturated carbocycles. The molecule has 8 heteroatoms.